The Hall–Kier alpha value is -1.90. The lowest BCUT2D eigenvalue weighted by atomic mass is 10.4. The van der Waals surface area contributed by atoms with Crippen LogP contribution < -0.4 is 29.6 Å². The van der Waals surface area contributed by atoms with E-state index < -0.39 is 15.8 Å². The zero-order valence-corrected chi connectivity index (χ0v) is 17.0. The Morgan fingerprint density at radius 1 is 0.778 bits per heavy atom. The summed E-state index contributed by atoms with van der Waals surface area (Å²) in [6.45, 7) is 0. The van der Waals surface area contributed by atoms with Crippen LogP contribution in [0.4, 0.5) is 19.8 Å². The highest BCUT2D eigenvalue weighted by Gasteiger charge is 2.14. The van der Waals surface area contributed by atoms with Crippen LogP contribution in [0.15, 0.2) is 49.1 Å². The fraction of sp³-hybridized carbons (Fsp3) is 0.286. The third kappa shape index (κ3) is 14.9. The van der Waals surface area contributed by atoms with Gasteiger partial charge in [0.05, 0.1) is 0 Å². The van der Waals surface area contributed by atoms with Gasteiger partial charge in [-0.2, -0.15) is 8.39 Å². The van der Waals surface area contributed by atoms with Crippen LogP contribution in [0.25, 0.3) is 0 Å². The van der Waals surface area contributed by atoms with Crippen molar-refractivity contribution in [3.05, 3.63) is 49.1 Å². The minimum Gasteiger partial charge on any atom is -0.753 e. The Balaban J connectivity index is 0.000000376. The summed E-state index contributed by atoms with van der Waals surface area (Å²) >= 11 is 0. The van der Waals surface area contributed by atoms with Gasteiger partial charge in [-0.15, -0.1) is 0 Å². The lowest BCUT2D eigenvalue weighted by Gasteiger charge is -2.18. The minimum atomic E-state index is -5.99. The summed E-state index contributed by atoms with van der Waals surface area (Å²) in [6.07, 6.45) is 7.65. The van der Waals surface area contributed by atoms with Crippen molar-refractivity contribution < 1.29 is 41.6 Å². The topological polar surface area (TPSA) is 124 Å². The van der Waals surface area contributed by atoms with E-state index in [1.165, 1.54) is 11.4 Å². The number of pyridine rings is 2. The van der Waals surface area contributed by atoms with E-state index in [2.05, 4.69) is 24.1 Å². The van der Waals surface area contributed by atoms with E-state index in [1.54, 1.807) is 0 Å². The number of aromatic amines is 2. The molecule has 27 heavy (non-hydrogen) atoms. The molecule has 0 fully saturated rings. The molecule has 0 radical (unpaired) electrons. The monoisotopic (exact) mass is 426 g/mol. The van der Waals surface area contributed by atoms with Gasteiger partial charge in [0, 0.05) is 63.8 Å². The van der Waals surface area contributed by atoms with Gasteiger partial charge < -0.3 is 19.6 Å². The summed E-state index contributed by atoms with van der Waals surface area (Å²) in [6, 6.07) is 8.11. The number of H-pyrrole nitrogens is 2. The molecule has 0 saturated carbocycles. The fourth-order valence-electron chi connectivity index (χ4n) is 1.47. The van der Waals surface area contributed by atoms with Gasteiger partial charge in [0.25, 0.3) is 0 Å². The van der Waals surface area contributed by atoms with Crippen molar-refractivity contribution in [1.82, 2.24) is 0 Å². The molecule has 0 aromatic carbocycles. The summed E-state index contributed by atoms with van der Waals surface area (Å²) in [7, 11) is -3.88. The van der Waals surface area contributed by atoms with Gasteiger partial charge in [0.2, 0.25) is 0 Å². The number of nitrogens with one attached hydrogen (secondary N) is 2. The SMILES string of the molecule is CN(C)c1cc[nH+]cc1.CN(C)c1cc[nH+]cc1.O=P([O-])(F)OP(=O)([O-])F. The van der Waals surface area contributed by atoms with E-state index in [-0.39, 0.29) is 0 Å². The van der Waals surface area contributed by atoms with Crippen molar-refractivity contribution in [1.29, 1.82) is 0 Å². The van der Waals surface area contributed by atoms with Gasteiger partial charge in [-0.3, -0.25) is 9.13 Å². The first-order valence-corrected chi connectivity index (χ1v) is 10.2. The number of halogens is 2. The maximum atomic E-state index is 11.1. The molecule has 2 heterocycles. The fourth-order valence-corrected chi connectivity index (χ4v) is 2.40. The molecule has 0 saturated heterocycles. The first kappa shape index (κ1) is 25.1. The lowest BCUT2D eigenvalue weighted by Crippen LogP contribution is -2.10. The number of rotatable bonds is 4. The van der Waals surface area contributed by atoms with Crippen molar-refractivity contribution >= 4 is 27.2 Å². The molecular weight excluding hydrogens is 404 g/mol. The Labute approximate surface area is 156 Å². The lowest BCUT2D eigenvalue weighted by molar-refractivity contribution is -0.378. The second kappa shape index (κ2) is 11.7. The van der Waals surface area contributed by atoms with E-state index in [4.69, 9.17) is 0 Å². The molecule has 2 rings (SSSR count). The molecule has 2 aromatic heterocycles. The molecule has 0 aliphatic carbocycles. The van der Waals surface area contributed by atoms with Gasteiger partial charge in [0.1, 0.15) is 0 Å². The second-order valence-electron chi connectivity index (χ2n) is 5.25. The molecule has 0 aliphatic rings. The van der Waals surface area contributed by atoms with Crippen molar-refractivity contribution in [2.45, 2.75) is 0 Å². The largest absolute Gasteiger partial charge is 0.753 e. The first-order chi connectivity index (χ1) is 12.3. The summed E-state index contributed by atoms with van der Waals surface area (Å²) in [5, 5.41) is 0. The molecular formula is C14H22F2N4O5P2. The van der Waals surface area contributed by atoms with Crippen molar-refractivity contribution in [2.24, 2.45) is 0 Å². The predicted octanol–water partition coefficient (Wildman–Crippen LogP) is 1.01. The van der Waals surface area contributed by atoms with Crippen LogP contribution in [0.3, 0.4) is 0 Å². The average Bonchev–Trinajstić information content (AvgIpc) is 2.54. The molecule has 2 atom stereocenters. The van der Waals surface area contributed by atoms with Crippen LogP contribution in [0, 0.1) is 0 Å². The van der Waals surface area contributed by atoms with Crippen LogP contribution in [0.2, 0.25) is 0 Å². The molecule has 2 unspecified atom stereocenters. The number of anilines is 2. The Kier molecular flexibility index (Phi) is 10.9. The number of hydrogen-bond acceptors (Lipinski definition) is 7. The molecule has 2 aromatic rings. The first-order valence-electron chi connectivity index (χ1n) is 7.31. The van der Waals surface area contributed by atoms with Gasteiger partial charge in [0.15, 0.2) is 24.8 Å². The van der Waals surface area contributed by atoms with Crippen molar-refractivity contribution in [2.75, 3.05) is 38.0 Å². The molecule has 0 amide bonds. The van der Waals surface area contributed by atoms with Gasteiger partial charge in [-0.1, -0.05) is 0 Å². The molecule has 9 nitrogen and oxygen atoms in total. The molecule has 0 aliphatic heterocycles. The minimum absolute atomic E-state index is 1.22. The number of nitrogens with zero attached hydrogens (tertiary/aromatic N) is 2. The maximum absolute atomic E-state index is 11.1. The van der Waals surface area contributed by atoms with Crippen LogP contribution in [0.1, 0.15) is 0 Å². The van der Waals surface area contributed by atoms with E-state index in [1.807, 2.05) is 77.2 Å². The second-order valence-corrected chi connectivity index (χ2v) is 7.62. The predicted molar refractivity (Wildman–Crippen MR) is 93.2 cm³/mol. The Morgan fingerprint density at radius 3 is 1.15 bits per heavy atom. The highest BCUT2D eigenvalue weighted by atomic mass is 31.3. The van der Waals surface area contributed by atoms with Crippen LogP contribution in [-0.4, -0.2) is 28.2 Å². The summed E-state index contributed by atoms with van der Waals surface area (Å²) in [4.78, 5) is 28.4. The van der Waals surface area contributed by atoms with Gasteiger partial charge >= 0.3 is 15.8 Å². The van der Waals surface area contributed by atoms with Crippen LogP contribution >= 0.6 is 15.8 Å². The molecule has 2 N–H and O–H groups in total. The Bertz CT molecular complexity index is 678. The van der Waals surface area contributed by atoms with Gasteiger partial charge in [-0.25, -0.2) is 14.3 Å². The van der Waals surface area contributed by atoms with E-state index >= 15 is 0 Å². The zero-order valence-electron chi connectivity index (χ0n) is 15.2. The van der Waals surface area contributed by atoms with Gasteiger partial charge in [-0.05, 0) is 0 Å². The molecule has 0 bridgehead atoms. The summed E-state index contributed by atoms with van der Waals surface area (Å²) in [5.74, 6) is 0. The van der Waals surface area contributed by atoms with Crippen molar-refractivity contribution in [3.8, 4) is 0 Å². The van der Waals surface area contributed by atoms with E-state index in [0.717, 1.165) is 0 Å². The zero-order chi connectivity index (χ0) is 21.1. The number of aromatic nitrogens is 2. The average molecular weight is 426 g/mol. The molecule has 13 heteroatoms. The standard InChI is InChI=1S/2C7H10N2.F2H2O5P2/c2*1-9(2)7-3-5-8-6-4-7;1-8(3,4)7-9(2,5)6/h2*3-6H,1-2H3;(H,3,4)(H,5,6). The highest BCUT2D eigenvalue weighted by Crippen LogP contribution is 2.55. The van der Waals surface area contributed by atoms with Crippen molar-refractivity contribution in [3.63, 3.8) is 0 Å². The maximum Gasteiger partial charge on any atom is 0.314 e. The number of hydrogen-bond donors (Lipinski definition) is 0. The summed E-state index contributed by atoms with van der Waals surface area (Å²) < 4.78 is 42.7. The van der Waals surface area contributed by atoms with Crippen LogP contribution in [0.5, 0.6) is 0 Å². The molecule has 152 valence electrons. The summed E-state index contributed by atoms with van der Waals surface area (Å²) in [5.41, 5.74) is 2.43. The van der Waals surface area contributed by atoms with Crippen LogP contribution in [-0.2, 0) is 13.4 Å². The normalized spacial score (nSPS) is 14.2. The smallest absolute Gasteiger partial charge is 0.314 e. The van der Waals surface area contributed by atoms with E-state index in [9.17, 15) is 27.3 Å². The quantitative estimate of drug-likeness (QED) is 0.669. The third-order valence-corrected chi connectivity index (χ3v) is 4.19. The highest BCUT2D eigenvalue weighted by molar-refractivity contribution is 7.59. The molecule has 0 spiro atoms. The third-order valence-electron chi connectivity index (χ3n) is 2.63. The van der Waals surface area contributed by atoms with E-state index in [0.29, 0.717) is 0 Å². The Morgan fingerprint density at radius 2 is 1.04 bits per heavy atom.